The molecule has 3 heteroatoms. The van der Waals surface area contributed by atoms with E-state index in [1.807, 2.05) is 20.8 Å². The van der Waals surface area contributed by atoms with E-state index >= 15 is 0 Å². The van der Waals surface area contributed by atoms with Crippen LogP contribution < -0.4 is 4.72 Å². The highest BCUT2D eigenvalue weighted by atomic mass is 32.2. The average Bonchev–Trinajstić information content (AvgIpc) is 2.78. The molecule has 84 valence electrons. The molecule has 1 fully saturated rings. The van der Waals surface area contributed by atoms with E-state index in [1.165, 1.54) is 12.8 Å². The Labute approximate surface area is 91.2 Å². The fourth-order valence-electron chi connectivity index (χ4n) is 1.57. The lowest BCUT2D eigenvalue weighted by Gasteiger charge is -2.30. The first-order valence-corrected chi connectivity index (χ1v) is 6.62. The van der Waals surface area contributed by atoms with Gasteiger partial charge >= 0.3 is 0 Å². The second kappa shape index (κ2) is 4.03. The Hall–Kier alpha value is 0.270. The van der Waals surface area contributed by atoms with E-state index in [9.17, 15) is 4.55 Å². The Morgan fingerprint density at radius 2 is 1.93 bits per heavy atom. The fraction of sp³-hybridized carbons (Fsp3) is 1.00. The van der Waals surface area contributed by atoms with Crippen molar-refractivity contribution < 1.29 is 4.55 Å². The first-order valence-electron chi connectivity index (χ1n) is 5.47. The maximum absolute atomic E-state index is 11.9. The Balaban J connectivity index is 2.49. The molecule has 0 aliphatic heterocycles. The summed E-state index contributed by atoms with van der Waals surface area (Å²) in [5.41, 5.74) is 0.412. The zero-order valence-electron chi connectivity index (χ0n) is 10.0. The second-order valence-corrected chi connectivity index (χ2v) is 7.61. The molecular formula is C11H23NOS. The summed E-state index contributed by atoms with van der Waals surface area (Å²) >= 11 is -0.924. The van der Waals surface area contributed by atoms with Gasteiger partial charge in [0.25, 0.3) is 0 Å². The highest BCUT2D eigenvalue weighted by Crippen LogP contribution is 2.49. The van der Waals surface area contributed by atoms with Crippen LogP contribution in [0.2, 0.25) is 0 Å². The third kappa shape index (κ3) is 2.88. The minimum Gasteiger partial charge on any atom is -0.598 e. The molecule has 0 aromatic heterocycles. The molecule has 1 unspecified atom stereocenters. The van der Waals surface area contributed by atoms with Crippen molar-refractivity contribution in [2.45, 2.75) is 64.7 Å². The van der Waals surface area contributed by atoms with Crippen molar-refractivity contribution in [1.29, 1.82) is 0 Å². The smallest absolute Gasteiger partial charge is 0.136 e. The molecule has 0 aromatic carbocycles. The summed E-state index contributed by atoms with van der Waals surface area (Å²) in [4.78, 5) is 0. The molecule has 0 amide bonds. The monoisotopic (exact) mass is 217 g/mol. The molecule has 0 saturated heterocycles. The second-order valence-electron chi connectivity index (χ2n) is 5.61. The van der Waals surface area contributed by atoms with Crippen LogP contribution in [0.3, 0.4) is 0 Å². The van der Waals surface area contributed by atoms with Gasteiger partial charge in [0.05, 0.1) is 6.04 Å². The van der Waals surface area contributed by atoms with Crippen LogP contribution in [-0.2, 0) is 11.4 Å². The largest absolute Gasteiger partial charge is 0.598 e. The summed E-state index contributed by atoms with van der Waals surface area (Å²) < 4.78 is 15.0. The van der Waals surface area contributed by atoms with Gasteiger partial charge in [0, 0.05) is 11.4 Å². The summed E-state index contributed by atoms with van der Waals surface area (Å²) in [6.07, 6.45) is 3.62. The maximum Gasteiger partial charge on any atom is 0.136 e. The molecule has 1 aliphatic rings. The van der Waals surface area contributed by atoms with Gasteiger partial charge in [-0.05, 0) is 45.4 Å². The van der Waals surface area contributed by atoms with Crippen LogP contribution in [0, 0.1) is 5.41 Å². The van der Waals surface area contributed by atoms with Gasteiger partial charge in [-0.25, -0.2) is 0 Å². The van der Waals surface area contributed by atoms with Crippen LogP contribution in [-0.4, -0.2) is 15.3 Å². The van der Waals surface area contributed by atoms with Gasteiger partial charge in [-0.1, -0.05) is 13.8 Å². The summed E-state index contributed by atoms with van der Waals surface area (Å²) in [5.74, 6) is 0. The lowest BCUT2D eigenvalue weighted by molar-refractivity contribution is 0.385. The minimum absolute atomic E-state index is 0.154. The van der Waals surface area contributed by atoms with E-state index in [-0.39, 0.29) is 4.75 Å². The molecular weight excluding hydrogens is 194 g/mol. The number of rotatable bonds is 4. The van der Waals surface area contributed by atoms with Crippen molar-refractivity contribution in [3.05, 3.63) is 0 Å². The number of nitrogens with one attached hydrogen (secondary N) is 1. The topological polar surface area (TPSA) is 35.1 Å². The van der Waals surface area contributed by atoms with E-state index in [4.69, 9.17) is 0 Å². The van der Waals surface area contributed by atoms with Gasteiger partial charge in [0.1, 0.15) is 4.75 Å². The third-order valence-corrected chi connectivity index (χ3v) is 4.70. The van der Waals surface area contributed by atoms with Gasteiger partial charge < -0.3 is 4.55 Å². The summed E-state index contributed by atoms with van der Waals surface area (Å²) in [6, 6.07) is 0.419. The Kier molecular flexibility index (Phi) is 3.55. The highest BCUT2D eigenvalue weighted by Gasteiger charge is 2.46. The molecule has 1 N–H and O–H groups in total. The predicted molar refractivity (Wildman–Crippen MR) is 62.5 cm³/mol. The van der Waals surface area contributed by atoms with Gasteiger partial charge in [-0.15, -0.1) is 4.72 Å². The normalized spacial score (nSPS) is 24.4. The van der Waals surface area contributed by atoms with Crippen molar-refractivity contribution >= 4 is 11.4 Å². The molecule has 0 aromatic rings. The van der Waals surface area contributed by atoms with Gasteiger partial charge in [0.15, 0.2) is 0 Å². The number of hydrogen-bond donors (Lipinski definition) is 1. The predicted octanol–water partition coefficient (Wildman–Crippen LogP) is 2.62. The van der Waals surface area contributed by atoms with Crippen LogP contribution in [0.5, 0.6) is 0 Å². The van der Waals surface area contributed by atoms with Crippen LogP contribution in [0.25, 0.3) is 0 Å². The van der Waals surface area contributed by atoms with Gasteiger partial charge in [-0.2, -0.15) is 0 Å². The van der Waals surface area contributed by atoms with Crippen LogP contribution in [0.15, 0.2) is 0 Å². The molecule has 2 atom stereocenters. The lowest BCUT2D eigenvalue weighted by atomic mass is 9.98. The van der Waals surface area contributed by atoms with Crippen LogP contribution in [0.4, 0.5) is 0 Å². The Bertz CT molecular complexity index is 196. The van der Waals surface area contributed by atoms with E-state index in [0.717, 1.165) is 6.42 Å². The van der Waals surface area contributed by atoms with Crippen molar-refractivity contribution in [2.75, 3.05) is 0 Å². The molecule has 1 saturated carbocycles. The minimum atomic E-state index is -0.924. The molecule has 0 radical (unpaired) electrons. The first-order chi connectivity index (χ1) is 6.29. The standard InChI is InChI=1S/C11H23NOS/c1-6-9(11(5)7-8-11)12-14(13)10(2,3)4/h9,12H,6-8H2,1-5H3/t9-,14?/m0/s1. The van der Waals surface area contributed by atoms with Crippen LogP contribution >= 0.6 is 0 Å². The van der Waals surface area contributed by atoms with Crippen LogP contribution in [0.1, 0.15) is 53.9 Å². The Morgan fingerprint density at radius 3 is 2.21 bits per heavy atom. The third-order valence-electron chi connectivity index (χ3n) is 3.09. The van der Waals surface area contributed by atoms with E-state index in [0.29, 0.717) is 11.5 Å². The average molecular weight is 217 g/mol. The zero-order valence-corrected chi connectivity index (χ0v) is 10.8. The molecule has 1 rings (SSSR count). The lowest BCUT2D eigenvalue weighted by Crippen LogP contribution is -2.47. The van der Waals surface area contributed by atoms with Crippen molar-refractivity contribution in [3.63, 3.8) is 0 Å². The maximum atomic E-state index is 11.9. The van der Waals surface area contributed by atoms with Crippen molar-refractivity contribution in [3.8, 4) is 0 Å². The summed E-state index contributed by atoms with van der Waals surface area (Å²) in [5, 5.41) is 0. The Morgan fingerprint density at radius 1 is 1.43 bits per heavy atom. The molecule has 0 heterocycles. The summed E-state index contributed by atoms with van der Waals surface area (Å²) in [6.45, 7) is 10.5. The highest BCUT2D eigenvalue weighted by molar-refractivity contribution is 7.90. The quantitative estimate of drug-likeness (QED) is 0.735. The fourth-order valence-corrected chi connectivity index (χ4v) is 2.63. The summed E-state index contributed by atoms with van der Waals surface area (Å²) in [7, 11) is 0. The molecule has 0 bridgehead atoms. The molecule has 1 aliphatic carbocycles. The molecule has 14 heavy (non-hydrogen) atoms. The first kappa shape index (κ1) is 12.3. The molecule has 0 spiro atoms. The number of hydrogen-bond acceptors (Lipinski definition) is 2. The zero-order chi connectivity index (χ0) is 11.0. The van der Waals surface area contributed by atoms with Crippen molar-refractivity contribution in [1.82, 2.24) is 4.72 Å². The SMILES string of the molecule is CC[C@H](N[S+]([O-])C(C)(C)C)C1(C)CC1. The van der Waals surface area contributed by atoms with E-state index in [2.05, 4.69) is 18.6 Å². The van der Waals surface area contributed by atoms with E-state index < -0.39 is 11.4 Å². The van der Waals surface area contributed by atoms with Gasteiger partial charge in [0.2, 0.25) is 0 Å². The van der Waals surface area contributed by atoms with Gasteiger partial charge in [-0.3, -0.25) is 0 Å². The molecule has 2 nitrogen and oxygen atoms in total. The van der Waals surface area contributed by atoms with E-state index in [1.54, 1.807) is 0 Å². The van der Waals surface area contributed by atoms with Crippen molar-refractivity contribution in [2.24, 2.45) is 5.41 Å².